The fourth-order valence-corrected chi connectivity index (χ4v) is 0.901. The van der Waals surface area contributed by atoms with Crippen molar-refractivity contribution in [2.45, 2.75) is 25.8 Å². The summed E-state index contributed by atoms with van der Waals surface area (Å²) in [5.41, 5.74) is 0. The molecule has 0 aromatic rings. The number of carboxylic acids is 1. The number of aliphatic hydroxyl groups excluding tert-OH is 1. The number of aliphatic carboxylic acids is 1. The van der Waals surface area contributed by atoms with E-state index in [0.717, 1.165) is 0 Å². The number of amides is 1. The molecule has 92 valence electrons. The standard InChI is InChI=1S/C9H15NO6/c1-2-16-8(13)4-3-7(12)10-6(5-11)9(14)15/h6,11H,2-5H2,1H3,(H,10,12)(H,14,15). The van der Waals surface area contributed by atoms with E-state index in [2.05, 4.69) is 10.1 Å². The molecule has 1 unspecified atom stereocenters. The van der Waals surface area contributed by atoms with Crippen LogP contribution in [0.25, 0.3) is 0 Å². The van der Waals surface area contributed by atoms with Gasteiger partial charge in [0.05, 0.1) is 19.6 Å². The summed E-state index contributed by atoms with van der Waals surface area (Å²) < 4.78 is 4.59. The monoisotopic (exact) mass is 233 g/mol. The molecule has 1 amide bonds. The van der Waals surface area contributed by atoms with Gasteiger partial charge in [-0.15, -0.1) is 0 Å². The van der Waals surface area contributed by atoms with Crippen LogP contribution in [-0.2, 0) is 19.1 Å². The zero-order valence-corrected chi connectivity index (χ0v) is 8.93. The fourth-order valence-electron chi connectivity index (χ4n) is 0.901. The molecule has 0 aliphatic rings. The van der Waals surface area contributed by atoms with Gasteiger partial charge in [-0.2, -0.15) is 0 Å². The van der Waals surface area contributed by atoms with E-state index in [1.165, 1.54) is 0 Å². The van der Waals surface area contributed by atoms with Gasteiger partial charge in [0.1, 0.15) is 6.04 Å². The zero-order valence-electron chi connectivity index (χ0n) is 8.93. The van der Waals surface area contributed by atoms with E-state index in [1.54, 1.807) is 6.92 Å². The molecule has 0 aromatic heterocycles. The minimum absolute atomic E-state index is 0.114. The predicted octanol–water partition coefficient (Wildman–Crippen LogP) is -1.11. The highest BCUT2D eigenvalue weighted by atomic mass is 16.5. The molecular weight excluding hydrogens is 218 g/mol. The molecule has 16 heavy (non-hydrogen) atoms. The number of nitrogens with one attached hydrogen (secondary N) is 1. The second-order valence-electron chi connectivity index (χ2n) is 2.95. The topological polar surface area (TPSA) is 113 Å². The number of carbonyl (C=O) groups is 3. The maximum Gasteiger partial charge on any atom is 0.328 e. The number of carboxylic acid groups (broad SMARTS) is 1. The highest BCUT2D eigenvalue weighted by Crippen LogP contribution is 1.94. The van der Waals surface area contributed by atoms with Crippen molar-refractivity contribution in [1.82, 2.24) is 5.32 Å². The molecule has 0 radical (unpaired) electrons. The van der Waals surface area contributed by atoms with Crippen LogP contribution in [0.1, 0.15) is 19.8 Å². The molecule has 0 fully saturated rings. The van der Waals surface area contributed by atoms with Gasteiger partial charge in [0.15, 0.2) is 0 Å². The normalized spacial score (nSPS) is 11.6. The van der Waals surface area contributed by atoms with E-state index in [0.29, 0.717) is 0 Å². The average molecular weight is 233 g/mol. The van der Waals surface area contributed by atoms with E-state index in [1.807, 2.05) is 0 Å². The second kappa shape index (κ2) is 7.63. The van der Waals surface area contributed by atoms with Gasteiger partial charge >= 0.3 is 11.9 Å². The highest BCUT2D eigenvalue weighted by Gasteiger charge is 2.18. The van der Waals surface area contributed by atoms with Crippen molar-refractivity contribution in [3.8, 4) is 0 Å². The third-order valence-corrected chi connectivity index (χ3v) is 1.68. The maximum absolute atomic E-state index is 11.1. The molecule has 7 nitrogen and oxygen atoms in total. The zero-order chi connectivity index (χ0) is 12.6. The molecular formula is C9H15NO6. The summed E-state index contributed by atoms with van der Waals surface area (Å²) in [6, 6.07) is -1.34. The van der Waals surface area contributed by atoms with Crippen molar-refractivity contribution in [2.24, 2.45) is 0 Å². The SMILES string of the molecule is CCOC(=O)CCC(=O)NC(CO)C(=O)O. The van der Waals surface area contributed by atoms with Crippen molar-refractivity contribution >= 4 is 17.8 Å². The smallest absolute Gasteiger partial charge is 0.328 e. The molecule has 0 saturated heterocycles. The number of esters is 1. The molecule has 3 N–H and O–H groups in total. The van der Waals surface area contributed by atoms with E-state index in [4.69, 9.17) is 10.2 Å². The summed E-state index contributed by atoms with van der Waals surface area (Å²) in [6.45, 7) is 1.18. The highest BCUT2D eigenvalue weighted by molar-refractivity contribution is 5.85. The van der Waals surface area contributed by atoms with Gasteiger partial charge in [-0.1, -0.05) is 0 Å². The van der Waals surface area contributed by atoms with Gasteiger partial charge in [0, 0.05) is 6.42 Å². The Kier molecular flexibility index (Phi) is 6.86. The Labute approximate surface area is 92.4 Å². The molecule has 1 atom stereocenters. The summed E-state index contributed by atoms with van der Waals surface area (Å²) in [4.78, 5) is 32.4. The van der Waals surface area contributed by atoms with Crippen molar-refractivity contribution in [2.75, 3.05) is 13.2 Å². The lowest BCUT2D eigenvalue weighted by molar-refractivity contribution is -0.145. The molecule has 0 spiro atoms. The number of hydrogen-bond donors (Lipinski definition) is 3. The van der Waals surface area contributed by atoms with Gasteiger partial charge in [-0.25, -0.2) is 4.79 Å². The summed E-state index contributed by atoms with van der Waals surface area (Å²) in [5.74, 6) is -2.46. The Hall–Kier alpha value is -1.63. The van der Waals surface area contributed by atoms with Gasteiger partial charge in [0.25, 0.3) is 0 Å². The molecule has 0 saturated carbocycles. The first-order valence-corrected chi connectivity index (χ1v) is 4.79. The van der Waals surface area contributed by atoms with Gasteiger partial charge in [-0.3, -0.25) is 9.59 Å². The maximum atomic E-state index is 11.1. The lowest BCUT2D eigenvalue weighted by Crippen LogP contribution is -2.43. The molecule has 0 aliphatic heterocycles. The Morgan fingerprint density at radius 1 is 1.31 bits per heavy atom. The van der Waals surface area contributed by atoms with Crippen LogP contribution >= 0.6 is 0 Å². The Balaban J connectivity index is 3.89. The summed E-state index contributed by atoms with van der Waals surface area (Å²) in [7, 11) is 0. The van der Waals surface area contributed by atoms with Gasteiger partial charge in [0.2, 0.25) is 5.91 Å². The lowest BCUT2D eigenvalue weighted by atomic mass is 10.2. The molecule has 0 rings (SSSR count). The third-order valence-electron chi connectivity index (χ3n) is 1.68. The number of aliphatic hydroxyl groups is 1. The minimum Gasteiger partial charge on any atom is -0.480 e. The van der Waals surface area contributed by atoms with Crippen LogP contribution in [0, 0.1) is 0 Å². The molecule has 0 aliphatic carbocycles. The summed E-state index contributed by atoms with van der Waals surface area (Å²) in [5, 5.41) is 19.2. The molecule has 0 aromatic carbocycles. The lowest BCUT2D eigenvalue weighted by Gasteiger charge is -2.11. The first kappa shape index (κ1) is 14.4. The van der Waals surface area contributed by atoms with Crippen LogP contribution in [0.3, 0.4) is 0 Å². The first-order valence-electron chi connectivity index (χ1n) is 4.79. The largest absolute Gasteiger partial charge is 0.480 e. The quantitative estimate of drug-likeness (QED) is 0.481. The van der Waals surface area contributed by atoms with Crippen LogP contribution < -0.4 is 5.32 Å². The van der Waals surface area contributed by atoms with Crippen molar-refractivity contribution in [3.63, 3.8) is 0 Å². The number of hydrogen-bond acceptors (Lipinski definition) is 5. The Bertz CT molecular complexity index is 265. The molecule has 7 heteroatoms. The van der Waals surface area contributed by atoms with E-state index < -0.39 is 30.5 Å². The van der Waals surface area contributed by atoms with Crippen molar-refractivity contribution < 1.29 is 29.3 Å². The third kappa shape index (κ3) is 5.97. The van der Waals surface area contributed by atoms with Crippen LogP contribution in [0.4, 0.5) is 0 Å². The average Bonchev–Trinajstić information content (AvgIpc) is 2.23. The Morgan fingerprint density at radius 2 is 1.94 bits per heavy atom. The Morgan fingerprint density at radius 3 is 2.38 bits per heavy atom. The van der Waals surface area contributed by atoms with E-state index in [-0.39, 0.29) is 19.4 Å². The van der Waals surface area contributed by atoms with Crippen LogP contribution in [0.5, 0.6) is 0 Å². The molecule has 0 heterocycles. The van der Waals surface area contributed by atoms with Gasteiger partial charge in [-0.05, 0) is 6.92 Å². The van der Waals surface area contributed by atoms with Crippen LogP contribution in [0.2, 0.25) is 0 Å². The van der Waals surface area contributed by atoms with E-state index >= 15 is 0 Å². The first-order chi connectivity index (χ1) is 7.51. The van der Waals surface area contributed by atoms with Crippen LogP contribution in [0.15, 0.2) is 0 Å². The minimum atomic E-state index is -1.34. The summed E-state index contributed by atoms with van der Waals surface area (Å²) >= 11 is 0. The number of rotatable bonds is 7. The summed E-state index contributed by atoms with van der Waals surface area (Å²) in [6.07, 6.45) is -0.278. The van der Waals surface area contributed by atoms with Gasteiger partial charge < -0.3 is 20.3 Å². The van der Waals surface area contributed by atoms with Crippen molar-refractivity contribution in [3.05, 3.63) is 0 Å². The second-order valence-corrected chi connectivity index (χ2v) is 2.95. The van der Waals surface area contributed by atoms with Crippen molar-refractivity contribution in [1.29, 1.82) is 0 Å². The number of carbonyl (C=O) groups excluding carboxylic acids is 2. The fraction of sp³-hybridized carbons (Fsp3) is 0.667. The van der Waals surface area contributed by atoms with Crippen LogP contribution in [-0.4, -0.2) is 47.3 Å². The van der Waals surface area contributed by atoms with E-state index in [9.17, 15) is 14.4 Å². The molecule has 0 bridgehead atoms. The predicted molar refractivity (Wildman–Crippen MR) is 52.5 cm³/mol. The number of ether oxygens (including phenoxy) is 1.